The highest BCUT2D eigenvalue weighted by Crippen LogP contribution is 2.16. The molecule has 7 heteroatoms. The van der Waals surface area contributed by atoms with Crippen LogP contribution in [0.2, 0.25) is 0 Å². The summed E-state index contributed by atoms with van der Waals surface area (Å²) < 4.78 is 11.1. The predicted molar refractivity (Wildman–Crippen MR) is 131 cm³/mol. The molecule has 0 unspecified atom stereocenters. The van der Waals surface area contributed by atoms with E-state index in [1.54, 1.807) is 48.5 Å². The highest BCUT2D eigenvalue weighted by molar-refractivity contribution is 5.97. The third-order valence-corrected chi connectivity index (χ3v) is 5.25. The molecule has 0 saturated heterocycles. The van der Waals surface area contributed by atoms with Crippen LogP contribution in [-0.4, -0.2) is 60.4 Å². The van der Waals surface area contributed by atoms with Gasteiger partial charge in [-0.2, -0.15) is 0 Å². The van der Waals surface area contributed by atoms with Crippen LogP contribution in [0.25, 0.3) is 0 Å². The number of hydrogen-bond acceptors (Lipinski definition) is 6. The first-order chi connectivity index (χ1) is 16.4. The number of carbonyl (C=O) groups excluding carboxylic acids is 2. The number of aliphatic carboxylic acids is 1. The molecule has 0 aliphatic carbocycles. The molecule has 34 heavy (non-hydrogen) atoms. The van der Waals surface area contributed by atoms with Crippen LogP contribution in [-0.2, 0) is 4.79 Å². The van der Waals surface area contributed by atoms with Gasteiger partial charge in [-0.15, -0.1) is 0 Å². The van der Waals surface area contributed by atoms with Gasteiger partial charge in [-0.25, -0.2) is 0 Å². The Balaban J connectivity index is 1.89. The fraction of sp³-hybridized carbons (Fsp3) is 0.444. The lowest BCUT2D eigenvalue weighted by Gasteiger charge is -2.21. The summed E-state index contributed by atoms with van der Waals surface area (Å²) in [6.07, 6.45) is 2.26. The summed E-state index contributed by atoms with van der Waals surface area (Å²) in [5.74, 6) is 0.482. The van der Waals surface area contributed by atoms with Crippen molar-refractivity contribution in [1.82, 2.24) is 4.90 Å². The highest BCUT2D eigenvalue weighted by Gasteiger charge is 2.14. The minimum Gasteiger partial charge on any atom is -0.494 e. The molecule has 0 aliphatic heterocycles. The summed E-state index contributed by atoms with van der Waals surface area (Å²) >= 11 is 0. The quantitative estimate of drug-likeness (QED) is 0.330. The van der Waals surface area contributed by atoms with Gasteiger partial charge in [-0.3, -0.25) is 14.4 Å². The van der Waals surface area contributed by atoms with E-state index in [4.69, 9.17) is 14.6 Å². The Bertz CT molecular complexity index is 840. The largest absolute Gasteiger partial charge is 0.494 e. The molecule has 0 heterocycles. The lowest BCUT2D eigenvalue weighted by molar-refractivity contribution is -0.137. The van der Waals surface area contributed by atoms with Gasteiger partial charge in [0, 0.05) is 43.6 Å². The first-order valence-electron chi connectivity index (χ1n) is 11.9. The molecule has 1 N–H and O–H groups in total. The molecule has 0 radical (unpaired) electrons. The number of carboxylic acid groups (broad SMARTS) is 1. The zero-order valence-corrected chi connectivity index (χ0v) is 20.1. The molecule has 0 aliphatic rings. The molecular formula is C27H35NO6. The average Bonchev–Trinajstić information content (AvgIpc) is 2.85. The average molecular weight is 470 g/mol. The molecule has 2 aromatic rings. The summed E-state index contributed by atoms with van der Waals surface area (Å²) in [5.41, 5.74) is 1.17. The van der Waals surface area contributed by atoms with Crippen LogP contribution in [0.5, 0.6) is 11.5 Å². The van der Waals surface area contributed by atoms with Gasteiger partial charge >= 0.3 is 5.97 Å². The number of benzene rings is 2. The molecule has 0 saturated carbocycles. The smallest absolute Gasteiger partial charge is 0.304 e. The second kappa shape index (κ2) is 14.9. The summed E-state index contributed by atoms with van der Waals surface area (Å²) in [6, 6.07) is 14.1. The molecule has 2 rings (SSSR count). The first-order valence-corrected chi connectivity index (χ1v) is 11.9. The maximum Gasteiger partial charge on any atom is 0.304 e. The van der Waals surface area contributed by atoms with E-state index in [-0.39, 0.29) is 37.4 Å². The molecule has 2 aromatic carbocycles. The minimum absolute atomic E-state index is 0.0311. The maximum atomic E-state index is 12.6. The fourth-order valence-corrected chi connectivity index (χ4v) is 3.31. The van der Waals surface area contributed by atoms with E-state index in [2.05, 4.69) is 0 Å². The van der Waals surface area contributed by atoms with Gasteiger partial charge in [-0.05, 0) is 61.4 Å². The standard InChI is InChI=1S/C27H35NO6/c1-3-19-33-23-9-5-21(6-10-23)25(29)13-16-28(18-15-27(31)32)17-14-26(30)22-7-11-24(12-8-22)34-20-4-2/h5-12H,3-4,13-20H2,1-2H3,(H,31,32). The van der Waals surface area contributed by atoms with E-state index in [0.717, 1.165) is 24.3 Å². The number of nitrogens with zero attached hydrogens (tertiary/aromatic N) is 1. The van der Waals surface area contributed by atoms with E-state index in [0.29, 0.717) is 37.4 Å². The lowest BCUT2D eigenvalue weighted by Crippen LogP contribution is -2.31. The van der Waals surface area contributed by atoms with E-state index < -0.39 is 5.97 Å². The van der Waals surface area contributed by atoms with Crippen molar-refractivity contribution in [3.05, 3.63) is 59.7 Å². The zero-order chi connectivity index (χ0) is 24.8. The number of carbonyl (C=O) groups is 3. The molecule has 184 valence electrons. The van der Waals surface area contributed by atoms with Gasteiger partial charge in [0.15, 0.2) is 11.6 Å². The monoisotopic (exact) mass is 469 g/mol. The third kappa shape index (κ3) is 9.75. The number of hydrogen-bond donors (Lipinski definition) is 1. The van der Waals surface area contributed by atoms with Crippen LogP contribution in [0.4, 0.5) is 0 Å². The van der Waals surface area contributed by atoms with Crippen molar-refractivity contribution in [3.63, 3.8) is 0 Å². The van der Waals surface area contributed by atoms with Crippen molar-refractivity contribution < 1.29 is 29.0 Å². The number of rotatable bonds is 17. The van der Waals surface area contributed by atoms with Crippen molar-refractivity contribution in [2.24, 2.45) is 0 Å². The molecule has 0 aromatic heterocycles. The van der Waals surface area contributed by atoms with Crippen LogP contribution < -0.4 is 9.47 Å². The molecular weight excluding hydrogens is 434 g/mol. The molecule has 0 amide bonds. The van der Waals surface area contributed by atoms with Gasteiger partial charge in [0.1, 0.15) is 11.5 Å². The third-order valence-electron chi connectivity index (χ3n) is 5.25. The van der Waals surface area contributed by atoms with Crippen LogP contribution in [0.3, 0.4) is 0 Å². The van der Waals surface area contributed by atoms with Gasteiger partial charge in [0.25, 0.3) is 0 Å². The number of ether oxygens (including phenoxy) is 2. The normalized spacial score (nSPS) is 10.8. The van der Waals surface area contributed by atoms with Gasteiger partial charge in [-0.1, -0.05) is 13.8 Å². The number of Topliss-reactive ketones (excluding diaryl/α,β-unsaturated/α-hetero) is 2. The SMILES string of the molecule is CCCOc1ccc(C(=O)CCN(CCC(=O)O)CCC(=O)c2ccc(OCCC)cc2)cc1. The zero-order valence-electron chi connectivity index (χ0n) is 20.1. The Morgan fingerprint density at radius 2 is 1.06 bits per heavy atom. The highest BCUT2D eigenvalue weighted by atomic mass is 16.5. The maximum absolute atomic E-state index is 12.6. The lowest BCUT2D eigenvalue weighted by atomic mass is 10.1. The van der Waals surface area contributed by atoms with E-state index in [9.17, 15) is 14.4 Å². The van der Waals surface area contributed by atoms with Crippen molar-refractivity contribution in [2.75, 3.05) is 32.8 Å². The minimum atomic E-state index is -0.909. The molecule has 0 fully saturated rings. The Kier molecular flexibility index (Phi) is 11.8. The fourth-order valence-electron chi connectivity index (χ4n) is 3.31. The summed E-state index contributed by atoms with van der Waals surface area (Å²) in [6.45, 7) is 6.36. The van der Waals surface area contributed by atoms with Gasteiger partial charge < -0.3 is 19.5 Å². The van der Waals surface area contributed by atoms with Gasteiger partial charge in [0.05, 0.1) is 19.6 Å². The molecule has 0 atom stereocenters. The van der Waals surface area contributed by atoms with E-state index in [1.165, 1.54) is 0 Å². The van der Waals surface area contributed by atoms with Crippen molar-refractivity contribution in [1.29, 1.82) is 0 Å². The molecule has 7 nitrogen and oxygen atoms in total. The van der Waals surface area contributed by atoms with E-state index >= 15 is 0 Å². The molecule has 0 spiro atoms. The van der Waals surface area contributed by atoms with Crippen LogP contribution >= 0.6 is 0 Å². The van der Waals surface area contributed by atoms with Crippen LogP contribution in [0, 0.1) is 0 Å². The van der Waals surface area contributed by atoms with Crippen molar-refractivity contribution in [3.8, 4) is 11.5 Å². The summed E-state index contributed by atoms with van der Waals surface area (Å²) in [5, 5.41) is 9.06. The predicted octanol–water partition coefficient (Wildman–Crippen LogP) is 4.89. The molecule has 0 bridgehead atoms. The Labute approximate surface area is 201 Å². The summed E-state index contributed by atoms with van der Waals surface area (Å²) in [7, 11) is 0. The van der Waals surface area contributed by atoms with Crippen molar-refractivity contribution in [2.45, 2.75) is 46.0 Å². The second-order valence-electron chi connectivity index (χ2n) is 8.08. The van der Waals surface area contributed by atoms with Crippen LogP contribution in [0.1, 0.15) is 66.7 Å². The Morgan fingerprint density at radius 1 is 0.676 bits per heavy atom. The first kappa shape index (κ1) is 27.1. The van der Waals surface area contributed by atoms with Crippen LogP contribution in [0.15, 0.2) is 48.5 Å². The second-order valence-corrected chi connectivity index (χ2v) is 8.08. The topological polar surface area (TPSA) is 93.1 Å². The Hall–Kier alpha value is -3.19. The number of ketones is 2. The van der Waals surface area contributed by atoms with E-state index in [1.807, 2.05) is 18.7 Å². The number of carboxylic acids is 1. The van der Waals surface area contributed by atoms with Gasteiger partial charge in [0.2, 0.25) is 0 Å². The van der Waals surface area contributed by atoms with Crippen molar-refractivity contribution >= 4 is 17.5 Å². The Morgan fingerprint density at radius 3 is 1.41 bits per heavy atom. The summed E-state index contributed by atoms with van der Waals surface area (Å²) in [4.78, 5) is 38.1.